The van der Waals surface area contributed by atoms with E-state index in [4.69, 9.17) is 4.52 Å². The first-order valence-electron chi connectivity index (χ1n) is 8.42. The normalized spacial score (nSPS) is 24.1. The Morgan fingerprint density at radius 2 is 2.05 bits per heavy atom. The molecule has 1 N–H and O–H groups in total. The van der Waals surface area contributed by atoms with E-state index in [1.807, 2.05) is 6.20 Å². The molecule has 118 valence electrons. The zero-order valence-electron chi connectivity index (χ0n) is 12.9. The largest absolute Gasteiger partial charge is 0.339 e. The third-order valence-electron chi connectivity index (χ3n) is 5.02. The lowest BCUT2D eigenvalue weighted by molar-refractivity contribution is 0.192. The number of piperidine rings is 1. The van der Waals surface area contributed by atoms with Gasteiger partial charge in [0, 0.05) is 30.3 Å². The second-order valence-corrected chi connectivity index (χ2v) is 6.62. The summed E-state index contributed by atoms with van der Waals surface area (Å²) >= 11 is 0. The summed E-state index contributed by atoms with van der Waals surface area (Å²) in [6.07, 6.45) is 9.25. The van der Waals surface area contributed by atoms with Gasteiger partial charge in [0.2, 0.25) is 5.89 Å². The lowest BCUT2D eigenvalue weighted by Crippen LogP contribution is -2.34. The van der Waals surface area contributed by atoms with Crippen molar-refractivity contribution in [2.45, 2.75) is 56.9 Å². The van der Waals surface area contributed by atoms with Gasteiger partial charge in [-0.25, -0.2) is 0 Å². The molecule has 3 heterocycles. The molecule has 1 saturated carbocycles. The number of hydrogen-bond donors (Lipinski definition) is 1. The van der Waals surface area contributed by atoms with E-state index in [1.54, 1.807) is 0 Å². The number of rotatable bonds is 4. The van der Waals surface area contributed by atoms with Crippen LogP contribution in [0.5, 0.6) is 0 Å². The fourth-order valence-corrected chi connectivity index (χ4v) is 3.82. The molecular formula is C16H23N5O. The first kappa shape index (κ1) is 13.9. The Morgan fingerprint density at radius 1 is 1.18 bits per heavy atom. The zero-order valence-corrected chi connectivity index (χ0v) is 12.9. The molecule has 1 aliphatic carbocycles. The first-order chi connectivity index (χ1) is 10.9. The number of likely N-dealkylation sites (tertiary alicyclic amines) is 1. The van der Waals surface area contributed by atoms with Crippen LogP contribution < -0.4 is 0 Å². The summed E-state index contributed by atoms with van der Waals surface area (Å²) in [4.78, 5) is 7.06. The van der Waals surface area contributed by atoms with Crippen molar-refractivity contribution in [3.05, 3.63) is 29.7 Å². The zero-order chi connectivity index (χ0) is 14.8. The Kier molecular flexibility index (Phi) is 3.93. The molecule has 0 spiro atoms. The molecular weight excluding hydrogens is 278 g/mol. The van der Waals surface area contributed by atoms with E-state index in [9.17, 15) is 0 Å². The molecule has 6 nitrogen and oxygen atoms in total. The molecule has 1 unspecified atom stereocenters. The van der Waals surface area contributed by atoms with Crippen LogP contribution in [0.25, 0.3) is 0 Å². The van der Waals surface area contributed by atoms with Gasteiger partial charge in [-0.2, -0.15) is 10.1 Å². The maximum atomic E-state index is 5.49. The average molecular weight is 301 g/mol. The highest BCUT2D eigenvalue weighted by molar-refractivity contribution is 5.07. The number of aromatic amines is 1. The molecule has 22 heavy (non-hydrogen) atoms. The predicted molar refractivity (Wildman–Crippen MR) is 81.3 cm³/mol. The average Bonchev–Trinajstić information content (AvgIpc) is 3.29. The van der Waals surface area contributed by atoms with Crippen molar-refractivity contribution in [3.8, 4) is 0 Å². The number of H-pyrrole nitrogens is 1. The molecule has 2 fully saturated rings. The van der Waals surface area contributed by atoms with Crippen LogP contribution in [-0.2, 0) is 6.54 Å². The van der Waals surface area contributed by atoms with Gasteiger partial charge in [0.25, 0.3) is 0 Å². The molecule has 0 bridgehead atoms. The van der Waals surface area contributed by atoms with Crippen molar-refractivity contribution in [3.63, 3.8) is 0 Å². The Labute approximate surface area is 130 Å². The van der Waals surface area contributed by atoms with Crippen LogP contribution in [0, 0.1) is 0 Å². The summed E-state index contributed by atoms with van der Waals surface area (Å²) in [5.41, 5.74) is 1.24. The summed E-state index contributed by atoms with van der Waals surface area (Å²) in [6.45, 7) is 2.94. The summed E-state index contributed by atoms with van der Waals surface area (Å²) in [6, 6.07) is 2.08. The van der Waals surface area contributed by atoms with E-state index in [0.717, 1.165) is 31.3 Å². The quantitative estimate of drug-likeness (QED) is 0.940. The SMILES string of the molecule is c1cc(C2CCCN(Cc3noc(C4CCCC4)n3)C2)[nH]n1. The van der Waals surface area contributed by atoms with Crippen LogP contribution in [-0.4, -0.2) is 38.3 Å². The minimum atomic E-state index is 0.500. The van der Waals surface area contributed by atoms with E-state index in [1.165, 1.54) is 44.2 Å². The van der Waals surface area contributed by atoms with Gasteiger partial charge in [0.15, 0.2) is 5.82 Å². The van der Waals surface area contributed by atoms with Crippen LogP contribution in [0.2, 0.25) is 0 Å². The Bertz CT molecular complexity index is 587. The fraction of sp³-hybridized carbons (Fsp3) is 0.688. The molecule has 6 heteroatoms. The molecule has 2 aromatic heterocycles. The molecule has 0 radical (unpaired) electrons. The van der Waals surface area contributed by atoms with Gasteiger partial charge >= 0.3 is 0 Å². The van der Waals surface area contributed by atoms with E-state index in [2.05, 4.69) is 31.3 Å². The standard InChI is InChI=1S/C16H23N5O/c1-2-5-12(4-1)16-18-15(20-22-16)11-21-9-3-6-13(10-21)14-7-8-17-19-14/h7-8,12-13H,1-6,9-11H2,(H,17,19). The number of hydrogen-bond acceptors (Lipinski definition) is 5. The van der Waals surface area contributed by atoms with Crippen molar-refractivity contribution < 1.29 is 4.52 Å². The third-order valence-corrected chi connectivity index (χ3v) is 5.02. The van der Waals surface area contributed by atoms with Gasteiger partial charge in [0.1, 0.15) is 0 Å². The molecule has 0 aromatic carbocycles. The molecule has 4 rings (SSSR count). The molecule has 2 aromatic rings. The van der Waals surface area contributed by atoms with Crippen LogP contribution in [0.3, 0.4) is 0 Å². The number of nitrogens with zero attached hydrogens (tertiary/aromatic N) is 4. The maximum Gasteiger partial charge on any atom is 0.229 e. The molecule has 1 aliphatic heterocycles. The summed E-state index contributed by atoms with van der Waals surface area (Å²) in [7, 11) is 0. The van der Waals surface area contributed by atoms with Crippen LogP contribution in [0.1, 0.15) is 67.8 Å². The number of aromatic nitrogens is 4. The Hall–Kier alpha value is -1.69. The molecule has 2 aliphatic rings. The van der Waals surface area contributed by atoms with E-state index in [-0.39, 0.29) is 0 Å². The smallest absolute Gasteiger partial charge is 0.229 e. The fourth-order valence-electron chi connectivity index (χ4n) is 3.82. The predicted octanol–water partition coefficient (Wildman–Crippen LogP) is 2.83. The monoisotopic (exact) mass is 301 g/mol. The van der Waals surface area contributed by atoms with Gasteiger partial charge < -0.3 is 4.52 Å². The van der Waals surface area contributed by atoms with Crippen molar-refractivity contribution in [2.75, 3.05) is 13.1 Å². The minimum Gasteiger partial charge on any atom is -0.339 e. The maximum absolute atomic E-state index is 5.49. The second kappa shape index (κ2) is 6.20. The second-order valence-electron chi connectivity index (χ2n) is 6.62. The van der Waals surface area contributed by atoms with E-state index >= 15 is 0 Å². The van der Waals surface area contributed by atoms with Gasteiger partial charge in [-0.05, 0) is 38.3 Å². The lowest BCUT2D eigenvalue weighted by Gasteiger charge is -2.31. The molecule has 1 saturated heterocycles. The highest BCUT2D eigenvalue weighted by Crippen LogP contribution is 2.33. The Balaban J connectivity index is 1.38. The summed E-state index contributed by atoms with van der Waals surface area (Å²) < 4.78 is 5.49. The van der Waals surface area contributed by atoms with Gasteiger partial charge in [-0.1, -0.05) is 18.0 Å². The summed E-state index contributed by atoms with van der Waals surface area (Å²) in [5.74, 6) is 2.74. The van der Waals surface area contributed by atoms with Crippen molar-refractivity contribution >= 4 is 0 Å². The van der Waals surface area contributed by atoms with Crippen molar-refractivity contribution in [1.29, 1.82) is 0 Å². The first-order valence-corrected chi connectivity index (χ1v) is 8.42. The highest BCUT2D eigenvalue weighted by Gasteiger charge is 2.26. The summed E-state index contributed by atoms with van der Waals surface area (Å²) in [5, 5.41) is 11.4. The third kappa shape index (κ3) is 2.92. The van der Waals surface area contributed by atoms with E-state index < -0.39 is 0 Å². The Morgan fingerprint density at radius 3 is 2.86 bits per heavy atom. The molecule has 1 atom stereocenters. The van der Waals surface area contributed by atoms with Crippen molar-refractivity contribution in [2.24, 2.45) is 0 Å². The highest BCUT2D eigenvalue weighted by atomic mass is 16.5. The van der Waals surface area contributed by atoms with Crippen LogP contribution >= 0.6 is 0 Å². The van der Waals surface area contributed by atoms with Gasteiger partial charge in [-0.3, -0.25) is 10.00 Å². The number of nitrogens with one attached hydrogen (secondary N) is 1. The van der Waals surface area contributed by atoms with E-state index in [0.29, 0.717) is 11.8 Å². The van der Waals surface area contributed by atoms with Crippen LogP contribution in [0.15, 0.2) is 16.8 Å². The van der Waals surface area contributed by atoms with Gasteiger partial charge in [0.05, 0.1) is 6.54 Å². The van der Waals surface area contributed by atoms with Crippen LogP contribution in [0.4, 0.5) is 0 Å². The van der Waals surface area contributed by atoms with Crippen molar-refractivity contribution in [1.82, 2.24) is 25.2 Å². The lowest BCUT2D eigenvalue weighted by atomic mass is 9.95. The topological polar surface area (TPSA) is 70.8 Å². The molecule has 0 amide bonds. The van der Waals surface area contributed by atoms with Gasteiger partial charge in [-0.15, -0.1) is 0 Å². The minimum absolute atomic E-state index is 0.500.